The lowest BCUT2D eigenvalue weighted by Crippen LogP contribution is -2.31. The van der Waals surface area contributed by atoms with Crippen LogP contribution in [0.2, 0.25) is 0 Å². The number of ether oxygens (including phenoxy) is 2. The summed E-state index contributed by atoms with van der Waals surface area (Å²) >= 11 is 0. The van der Waals surface area contributed by atoms with Crippen LogP contribution in [0, 0.1) is 0 Å². The first-order chi connectivity index (χ1) is 13.2. The van der Waals surface area contributed by atoms with E-state index in [0.717, 1.165) is 23.4 Å². The smallest absolute Gasteiger partial charge is 0.195 e. The van der Waals surface area contributed by atoms with E-state index < -0.39 is 6.10 Å². The highest BCUT2D eigenvalue weighted by Crippen LogP contribution is 2.18. The summed E-state index contributed by atoms with van der Waals surface area (Å²) in [7, 11) is 1.68. The summed E-state index contributed by atoms with van der Waals surface area (Å²) in [6, 6.07) is 11.3. The van der Waals surface area contributed by atoms with E-state index in [0.29, 0.717) is 25.7 Å². The number of aliphatic hydroxyl groups excluding tert-OH is 1. The van der Waals surface area contributed by atoms with Crippen LogP contribution in [0.15, 0.2) is 53.8 Å². The number of nitrogens with zero attached hydrogens (tertiary/aromatic N) is 2. The zero-order chi connectivity index (χ0) is 19.3. The minimum absolute atomic E-state index is 0. The number of halogens is 1. The van der Waals surface area contributed by atoms with Gasteiger partial charge in [-0.2, -0.15) is 0 Å². The minimum atomic E-state index is -0.682. The highest BCUT2D eigenvalue weighted by atomic mass is 127. The third kappa shape index (κ3) is 8.85. The predicted octanol–water partition coefficient (Wildman–Crippen LogP) is 3.23. The number of aliphatic imine (C=N–C) groups is 1. The van der Waals surface area contributed by atoms with Crippen molar-refractivity contribution in [1.29, 1.82) is 0 Å². The van der Waals surface area contributed by atoms with Gasteiger partial charge in [-0.25, -0.2) is 4.99 Å². The Bertz CT molecular complexity index is 701. The summed E-state index contributed by atoms with van der Waals surface area (Å²) in [4.78, 5) is 8.43. The fourth-order valence-corrected chi connectivity index (χ4v) is 2.37. The highest BCUT2D eigenvalue weighted by Gasteiger charge is 2.07. The Morgan fingerprint density at radius 3 is 2.71 bits per heavy atom. The molecule has 1 unspecified atom stereocenters. The number of hydrogen-bond acceptors (Lipinski definition) is 5. The van der Waals surface area contributed by atoms with Crippen molar-refractivity contribution in [2.24, 2.45) is 4.99 Å². The van der Waals surface area contributed by atoms with Crippen LogP contribution in [0.4, 0.5) is 5.69 Å². The third-order valence-corrected chi connectivity index (χ3v) is 3.72. The summed E-state index contributed by atoms with van der Waals surface area (Å²) in [6.07, 6.45) is 3.47. The van der Waals surface area contributed by atoms with Gasteiger partial charge in [0.2, 0.25) is 0 Å². The summed E-state index contributed by atoms with van der Waals surface area (Å²) in [5, 5.41) is 16.7. The lowest BCUT2D eigenvalue weighted by Gasteiger charge is -2.14. The van der Waals surface area contributed by atoms with Crippen LogP contribution in [-0.2, 0) is 4.74 Å². The van der Waals surface area contributed by atoms with Crippen molar-refractivity contribution in [1.82, 2.24) is 10.3 Å². The average Bonchev–Trinajstić information content (AvgIpc) is 2.70. The van der Waals surface area contributed by atoms with Gasteiger partial charge in [0.05, 0.1) is 19.3 Å². The number of benzene rings is 1. The fourth-order valence-electron chi connectivity index (χ4n) is 2.37. The topological polar surface area (TPSA) is 88.0 Å². The summed E-state index contributed by atoms with van der Waals surface area (Å²) in [6.45, 7) is 4.22. The zero-order valence-electron chi connectivity index (χ0n) is 16.3. The first-order valence-electron chi connectivity index (χ1n) is 9.08. The van der Waals surface area contributed by atoms with E-state index in [9.17, 15) is 5.11 Å². The Labute approximate surface area is 183 Å². The second kappa shape index (κ2) is 14.1. The second-order valence-corrected chi connectivity index (χ2v) is 5.86. The molecule has 0 saturated heterocycles. The van der Waals surface area contributed by atoms with Crippen molar-refractivity contribution in [3.63, 3.8) is 0 Å². The normalized spacial score (nSPS) is 12.0. The number of hydrogen-bond donors (Lipinski definition) is 3. The lowest BCUT2D eigenvalue weighted by atomic mass is 10.1. The van der Waals surface area contributed by atoms with Gasteiger partial charge >= 0.3 is 0 Å². The van der Waals surface area contributed by atoms with E-state index >= 15 is 0 Å². The lowest BCUT2D eigenvalue weighted by molar-refractivity contribution is 0.172. The van der Waals surface area contributed by atoms with E-state index in [4.69, 9.17) is 9.47 Å². The Balaban J connectivity index is 0.00000392. The molecule has 0 amide bonds. The minimum Gasteiger partial charge on any atom is -0.493 e. The molecule has 8 heteroatoms. The van der Waals surface area contributed by atoms with E-state index in [-0.39, 0.29) is 30.5 Å². The largest absolute Gasteiger partial charge is 0.493 e. The van der Waals surface area contributed by atoms with Crippen molar-refractivity contribution in [2.45, 2.75) is 19.4 Å². The van der Waals surface area contributed by atoms with Crippen molar-refractivity contribution < 1.29 is 14.6 Å². The predicted molar refractivity (Wildman–Crippen MR) is 123 cm³/mol. The van der Waals surface area contributed by atoms with Gasteiger partial charge in [0.15, 0.2) is 5.96 Å². The van der Waals surface area contributed by atoms with Crippen LogP contribution >= 0.6 is 24.0 Å². The third-order valence-electron chi connectivity index (χ3n) is 3.72. The molecule has 2 aromatic rings. The van der Waals surface area contributed by atoms with Gasteiger partial charge in [0.25, 0.3) is 0 Å². The Morgan fingerprint density at radius 2 is 2.00 bits per heavy atom. The van der Waals surface area contributed by atoms with Crippen molar-refractivity contribution in [3.8, 4) is 5.75 Å². The van der Waals surface area contributed by atoms with E-state index in [1.165, 1.54) is 0 Å². The van der Waals surface area contributed by atoms with Crippen LogP contribution in [-0.4, -0.2) is 49.5 Å². The van der Waals surface area contributed by atoms with Crippen LogP contribution in [0.1, 0.15) is 25.0 Å². The number of aliphatic hydroxyl groups is 1. The number of aromatic nitrogens is 1. The molecular formula is C20H29IN4O3. The van der Waals surface area contributed by atoms with E-state index in [1.807, 2.05) is 31.2 Å². The molecule has 0 radical (unpaired) electrons. The SMILES string of the molecule is CCNC(=NCC(O)c1ccncc1)Nc1cccc(OCCCOC)c1.I. The molecule has 0 saturated carbocycles. The zero-order valence-corrected chi connectivity index (χ0v) is 18.6. The maximum Gasteiger partial charge on any atom is 0.195 e. The molecular weight excluding hydrogens is 471 g/mol. The average molecular weight is 500 g/mol. The summed E-state index contributed by atoms with van der Waals surface area (Å²) < 4.78 is 10.7. The molecule has 154 valence electrons. The maximum absolute atomic E-state index is 10.3. The molecule has 2 rings (SSSR count). The molecule has 1 aromatic carbocycles. The van der Waals surface area contributed by atoms with Gasteiger partial charge in [-0.15, -0.1) is 24.0 Å². The molecule has 0 spiro atoms. The molecule has 0 fully saturated rings. The molecule has 0 aliphatic rings. The summed E-state index contributed by atoms with van der Waals surface area (Å²) in [5.74, 6) is 1.38. The maximum atomic E-state index is 10.3. The Kier molecular flexibility index (Phi) is 12.2. The van der Waals surface area contributed by atoms with Crippen LogP contribution < -0.4 is 15.4 Å². The van der Waals surface area contributed by atoms with Gasteiger partial charge in [0, 0.05) is 50.8 Å². The molecule has 28 heavy (non-hydrogen) atoms. The van der Waals surface area contributed by atoms with Gasteiger partial charge in [-0.05, 0) is 36.8 Å². The van der Waals surface area contributed by atoms with Crippen LogP contribution in [0.25, 0.3) is 0 Å². The van der Waals surface area contributed by atoms with Gasteiger partial charge in [0.1, 0.15) is 5.75 Å². The second-order valence-electron chi connectivity index (χ2n) is 5.86. The Morgan fingerprint density at radius 1 is 1.21 bits per heavy atom. The van der Waals surface area contributed by atoms with Crippen molar-refractivity contribution in [2.75, 3.05) is 38.7 Å². The number of pyridine rings is 1. The van der Waals surface area contributed by atoms with Crippen LogP contribution in [0.5, 0.6) is 5.75 Å². The molecule has 0 aliphatic carbocycles. The fraction of sp³-hybridized carbons (Fsp3) is 0.400. The standard InChI is InChI=1S/C20H28N4O3.HI/c1-3-22-20(23-15-19(25)16-8-10-21-11-9-16)24-17-6-4-7-18(14-17)27-13-5-12-26-2;/h4,6-11,14,19,25H,3,5,12-13,15H2,1-2H3,(H2,22,23,24);1H. The number of rotatable bonds is 10. The quantitative estimate of drug-likeness (QED) is 0.201. The van der Waals surface area contributed by atoms with E-state index in [2.05, 4.69) is 20.6 Å². The summed E-state index contributed by atoms with van der Waals surface area (Å²) in [5.41, 5.74) is 1.65. The van der Waals surface area contributed by atoms with Crippen molar-refractivity contribution in [3.05, 3.63) is 54.4 Å². The first-order valence-corrected chi connectivity index (χ1v) is 9.08. The van der Waals surface area contributed by atoms with Gasteiger partial charge in [-0.3, -0.25) is 4.98 Å². The van der Waals surface area contributed by atoms with Gasteiger partial charge < -0.3 is 25.2 Å². The molecule has 1 atom stereocenters. The van der Waals surface area contributed by atoms with Crippen molar-refractivity contribution >= 4 is 35.6 Å². The molecule has 3 N–H and O–H groups in total. The number of guanidine groups is 1. The number of anilines is 1. The Hall–Kier alpha value is -1.91. The highest BCUT2D eigenvalue weighted by molar-refractivity contribution is 14.0. The monoisotopic (exact) mass is 500 g/mol. The van der Waals surface area contributed by atoms with Gasteiger partial charge in [-0.1, -0.05) is 6.07 Å². The van der Waals surface area contributed by atoms with E-state index in [1.54, 1.807) is 31.6 Å². The molecule has 1 heterocycles. The molecule has 0 aliphatic heterocycles. The first kappa shape index (κ1) is 24.1. The molecule has 7 nitrogen and oxygen atoms in total. The number of methoxy groups -OCH3 is 1. The molecule has 0 bridgehead atoms. The number of nitrogens with one attached hydrogen (secondary N) is 2. The van der Waals surface area contributed by atoms with Crippen LogP contribution in [0.3, 0.4) is 0 Å². The molecule has 1 aromatic heterocycles.